The number of amides is 5. The van der Waals surface area contributed by atoms with E-state index in [1.807, 2.05) is 67.7 Å². The minimum Gasteiger partial charge on any atom is -0.370 e. The topological polar surface area (TPSA) is 253 Å². The molecule has 3 aliphatic carbocycles. The van der Waals surface area contributed by atoms with Crippen molar-refractivity contribution >= 4 is 41.3 Å². The summed E-state index contributed by atoms with van der Waals surface area (Å²) in [4.78, 5) is 87.9. The van der Waals surface area contributed by atoms with Gasteiger partial charge in [-0.1, -0.05) is 110 Å². The van der Waals surface area contributed by atoms with Gasteiger partial charge in [0.2, 0.25) is 29.5 Å². The van der Waals surface area contributed by atoms with Gasteiger partial charge in [-0.2, -0.15) is 0 Å². The number of carbonyl (C=O) groups is 6. The lowest BCUT2D eigenvalue weighted by atomic mass is 9.75. The molecule has 72 heavy (non-hydrogen) atoms. The van der Waals surface area contributed by atoms with Crippen molar-refractivity contribution in [3.63, 3.8) is 0 Å². The van der Waals surface area contributed by atoms with Gasteiger partial charge in [0.05, 0.1) is 5.41 Å². The summed E-state index contributed by atoms with van der Waals surface area (Å²) in [6.07, 6.45) is 19.2. The number of benzene rings is 3. The average molecular weight is 978 g/mol. The molecule has 4 aliphatic rings. The lowest BCUT2D eigenvalue weighted by Gasteiger charge is -2.33. The average Bonchev–Trinajstić information content (AvgIpc) is 4.10. The van der Waals surface area contributed by atoms with Gasteiger partial charge in [0.1, 0.15) is 18.1 Å². The second-order valence-electron chi connectivity index (χ2n) is 19.8. The third kappa shape index (κ3) is 13.6. The van der Waals surface area contributed by atoms with E-state index >= 15 is 4.79 Å². The fourth-order valence-corrected chi connectivity index (χ4v) is 10.7. The molecule has 11 N–H and O–H groups in total. The molecule has 15 nitrogen and oxygen atoms in total. The van der Waals surface area contributed by atoms with Crippen molar-refractivity contribution in [2.45, 2.75) is 127 Å². The first kappa shape index (κ1) is 52.5. The molecule has 3 aromatic carbocycles. The van der Waals surface area contributed by atoms with Gasteiger partial charge in [0.25, 0.3) is 0 Å². The van der Waals surface area contributed by atoms with Crippen LogP contribution in [0.2, 0.25) is 0 Å². The first-order chi connectivity index (χ1) is 34.8. The summed E-state index contributed by atoms with van der Waals surface area (Å²) >= 11 is 0. The van der Waals surface area contributed by atoms with Crippen LogP contribution in [0.25, 0.3) is 0 Å². The van der Waals surface area contributed by atoms with E-state index < -0.39 is 47.2 Å². The number of nitrogens with one attached hydrogen (secondary N) is 5. The molecule has 15 heteroatoms. The van der Waals surface area contributed by atoms with Gasteiger partial charge in [0.15, 0.2) is 11.7 Å². The van der Waals surface area contributed by atoms with Crippen LogP contribution in [0.1, 0.15) is 123 Å². The van der Waals surface area contributed by atoms with Crippen LogP contribution in [0, 0.1) is 16.7 Å². The second-order valence-corrected chi connectivity index (χ2v) is 19.8. The van der Waals surface area contributed by atoms with Gasteiger partial charge < -0.3 is 43.8 Å². The van der Waals surface area contributed by atoms with Crippen LogP contribution in [0.3, 0.4) is 0 Å². The molecule has 7 atom stereocenters. The molecule has 3 aromatic rings. The SMILES string of the molecule is CCCC(=O)/C=C/C[C@]1(C(=O)N[C@H](Cc2ccccc2)C(=O)N[C@@H](CCCN=C(N)N)C(=O)N[C@@H](CC2=CNC3=CCC=CC4CC234)C(=O)NCc2cccc(C(N)=O)c2)CCC[C@H](c2ccccc2)CC1. The molecule has 380 valence electrons. The Kier molecular flexibility index (Phi) is 18.0. The maximum Gasteiger partial charge on any atom is 0.248 e. The number of hydrogen-bond donors (Lipinski definition) is 8. The summed E-state index contributed by atoms with van der Waals surface area (Å²) in [5.41, 5.74) is 20.7. The maximum atomic E-state index is 15.1. The van der Waals surface area contributed by atoms with E-state index in [-0.39, 0.29) is 67.3 Å². The Balaban J connectivity index is 1.15. The minimum absolute atomic E-state index is 0.000254. The van der Waals surface area contributed by atoms with Gasteiger partial charge in [-0.25, -0.2) is 0 Å². The highest BCUT2D eigenvalue weighted by atomic mass is 16.2. The van der Waals surface area contributed by atoms with Gasteiger partial charge >= 0.3 is 0 Å². The maximum absolute atomic E-state index is 15.1. The third-order valence-electron chi connectivity index (χ3n) is 14.8. The fourth-order valence-electron chi connectivity index (χ4n) is 10.7. The van der Waals surface area contributed by atoms with Gasteiger partial charge in [-0.15, -0.1) is 0 Å². The zero-order valence-electron chi connectivity index (χ0n) is 41.4. The summed E-state index contributed by atoms with van der Waals surface area (Å²) in [6.45, 7) is 2.18. The summed E-state index contributed by atoms with van der Waals surface area (Å²) in [5.74, 6) is -2.13. The first-order valence-electron chi connectivity index (χ1n) is 25.6. The molecule has 0 bridgehead atoms. The number of rotatable bonds is 24. The molecule has 5 amide bonds. The van der Waals surface area contributed by atoms with Crippen LogP contribution in [0.15, 0.2) is 138 Å². The third-order valence-corrected chi connectivity index (χ3v) is 14.8. The second kappa shape index (κ2) is 24.7. The van der Waals surface area contributed by atoms with E-state index in [9.17, 15) is 24.0 Å². The highest BCUT2D eigenvalue weighted by Crippen LogP contribution is 2.66. The van der Waals surface area contributed by atoms with Crippen molar-refractivity contribution in [2.24, 2.45) is 38.9 Å². The molecule has 0 radical (unpaired) electrons. The molecular weight excluding hydrogens is 907 g/mol. The summed E-state index contributed by atoms with van der Waals surface area (Å²) in [7, 11) is 0. The molecule has 2 fully saturated rings. The van der Waals surface area contributed by atoms with Crippen molar-refractivity contribution < 1.29 is 28.8 Å². The summed E-state index contributed by atoms with van der Waals surface area (Å²) in [6, 6.07) is 23.0. The number of nitrogens with zero attached hydrogens (tertiary/aromatic N) is 1. The monoisotopic (exact) mass is 978 g/mol. The standard InChI is InChI=1S/C57H71N9O6/c1-2-15-45(67)24-13-29-56(28-12-22-41(27-30-56)40-19-7-4-8-20-40)54(72)66-47(33-38-16-5-3-6-17-38)53(71)64-46(25-14-31-61-55(59)60)52(70)65-48(51(69)63-36-39-18-11-21-42(32-39)50(58)68)34-44-37-62-49-26-10-9-23-43-35-57(43,44)49/h3-9,11,13,16-21,23-24,26,32,37,41,43,46-48,62H,2,10,12,14-15,22,25,27-31,33-36H2,1H3,(H2,58,68)(H,63,69)(H,64,71)(H,65,70)(H,66,72)(H4,59,60,61)/b24-13+/t41-,43?,46-,47+,48-,56+,57?/m0/s1. The first-order valence-corrected chi connectivity index (χ1v) is 25.6. The van der Waals surface area contributed by atoms with E-state index in [1.165, 1.54) is 5.56 Å². The van der Waals surface area contributed by atoms with Gasteiger partial charge in [0, 0.05) is 55.2 Å². The highest BCUT2D eigenvalue weighted by molar-refractivity contribution is 5.96. The van der Waals surface area contributed by atoms with E-state index in [1.54, 1.807) is 30.3 Å². The van der Waals surface area contributed by atoms with Crippen LogP contribution < -0.4 is 43.8 Å². The predicted molar refractivity (Wildman–Crippen MR) is 279 cm³/mol. The largest absolute Gasteiger partial charge is 0.370 e. The molecule has 1 spiro atoms. The summed E-state index contributed by atoms with van der Waals surface area (Å²) < 4.78 is 0. The Bertz CT molecular complexity index is 2590. The van der Waals surface area contributed by atoms with Crippen molar-refractivity contribution in [3.05, 3.63) is 155 Å². The quantitative estimate of drug-likeness (QED) is 0.0132. The number of hydrogen-bond acceptors (Lipinski definition) is 8. The van der Waals surface area contributed by atoms with Crippen LogP contribution >= 0.6 is 0 Å². The zero-order valence-corrected chi connectivity index (χ0v) is 41.4. The number of allylic oxidation sites excluding steroid dienone is 6. The van der Waals surface area contributed by atoms with Crippen molar-refractivity contribution in [3.8, 4) is 0 Å². The number of primary amides is 1. The van der Waals surface area contributed by atoms with Gasteiger partial charge in [-0.05, 0) is 117 Å². The molecule has 2 unspecified atom stereocenters. The predicted octanol–water partition coefficient (Wildman–Crippen LogP) is 5.93. The Morgan fingerprint density at radius 3 is 2.29 bits per heavy atom. The van der Waals surface area contributed by atoms with E-state index in [0.29, 0.717) is 49.7 Å². The summed E-state index contributed by atoms with van der Waals surface area (Å²) in [5, 5.41) is 15.6. The van der Waals surface area contributed by atoms with Crippen LogP contribution in [-0.4, -0.2) is 65.9 Å². The lowest BCUT2D eigenvalue weighted by Crippen LogP contribution is -2.58. The Morgan fingerprint density at radius 2 is 1.54 bits per heavy atom. The van der Waals surface area contributed by atoms with Crippen LogP contribution in [0.4, 0.5) is 0 Å². The zero-order chi connectivity index (χ0) is 51.1. The normalized spacial score (nSPS) is 22.1. The molecule has 0 saturated heterocycles. The Labute approximate surface area is 423 Å². The number of ketones is 1. The van der Waals surface area contributed by atoms with Crippen molar-refractivity contribution in [2.75, 3.05) is 6.54 Å². The minimum atomic E-state index is -1.17. The van der Waals surface area contributed by atoms with Crippen molar-refractivity contribution in [1.29, 1.82) is 0 Å². The van der Waals surface area contributed by atoms with Crippen LogP contribution in [0.5, 0.6) is 0 Å². The highest BCUT2D eigenvalue weighted by Gasteiger charge is 2.60. The lowest BCUT2D eigenvalue weighted by molar-refractivity contribution is -0.137. The van der Waals surface area contributed by atoms with E-state index in [0.717, 1.165) is 48.9 Å². The smallest absolute Gasteiger partial charge is 0.248 e. The number of nitrogens with two attached hydrogens (primary N) is 3. The van der Waals surface area contributed by atoms with E-state index in [4.69, 9.17) is 17.2 Å². The molecule has 1 aliphatic heterocycles. The van der Waals surface area contributed by atoms with Gasteiger partial charge in [-0.3, -0.25) is 33.8 Å². The molecule has 1 heterocycles. The Morgan fingerprint density at radius 1 is 0.819 bits per heavy atom. The Hall–Kier alpha value is -7.29. The van der Waals surface area contributed by atoms with Crippen LogP contribution in [-0.2, 0) is 36.9 Å². The van der Waals surface area contributed by atoms with E-state index in [2.05, 4.69) is 61.9 Å². The number of carbonyl (C=O) groups excluding carboxylic acids is 6. The van der Waals surface area contributed by atoms with Crippen molar-refractivity contribution in [1.82, 2.24) is 26.6 Å². The molecular formula is C57H71N9O6. The molecule has 2 saturated carbocycles. The number of guanidine groups is 1. The fraction of sp³-hybridized carbons (Fsp3) is 0.421. The molecule has 7 rings (SSSR count). The number of aliphatic imine (C=N–C) groups is 1. The molecule has 0 aromatic heterocycles.